The van der Waals surface area contributed by atoms with Crippen LogP contribution in [0.15, 0.2) is 46.9 Å². The first-order valence-electron chi connectivity index (χ1n) is 7.94. The average molecular weight is 310 g/mol. The second-order valence-corrected chi connectivity index (χ2v) is 5.69. The second kappa shape index (κ2) is 6.38. The minimum absolute atomic E-state index is 0.0642. The van der Waals surface area contributed by atoms with Crippen molar-refractivity contribution in [1.29, 1.82) is 0 Å². The standard InChI is InChI=1S/C18H18N2O3/c1-2-6-14-11-15(9-8-13(14)5-1)22-12-17-19-20-18(23-17)16-7-3-4-10-21-16/h1-2,5-6,8-9,11,16H,3-4,7,10,12H2/t16-/m0/s1. The van der Waals surface area contributed by atoms with Gasteiger partial charge in [-0.2, -0.15) is 0 Å². The molecule has 0 bridgehead atoms. The summed E-state index contributed by atoms with van der Waals surface area (Å²) in [6.45, 7) is 1.02. The van der Waals surface area contributed by atoms with Gasteiger partial charge in [0.15, 0.2) is 6.61 Å². The van der Waals surface area contributed by atoms with Gasteiger partial charge in [-0.3, -0.25) is 0 Å². The van der Waals surface area contributed by atoms with Gasteiger partial charge in [0, 0.05) is 6.61 Å². The maximum Gasteiger partial charge on any atom is 0.254 e. The van der Waals surface area contributed by atoms with Gasteiger partial charge in [-0.05, 0) is 42.2 Å². The third-order valence-electron chi connectivity index (χ3n) is 4.02. The van der Waals surface area contributed by atoms with E-state index < -0.39 is 0 Å². The zero-order valence-corrected chi connectivity index (χ0v) is 12.8. The molecule has 4 rings (SSSR count). The summed E-state index contributed by atoms with van der Waals surface area (Å²) in [6.07, 6.45) is 3.11. The van der Waals surface area contributed by atoms with Gasteiger partial charge >= 0.3 is 0 Å². The molecule has 2 heterocycles. The summed E-state index contributed by atoms with van der Waals surface area (Å²) in [5.41, 5.74) is 0. The Labute approximate surface area is 134 Å². The van der Waals surface area contributed by atoms with Gasteiger partial charge in [-0.25, -0.2) is 0 Å². The highest BCUT2D eigenvalue weighted by atomic mass is 16.5. The monoisotopic (exact) mass is 310 g/mol. The van der Waals surface area contributed by atoms with E-state index in [-0.39, 0.29) is 12.7 Å². The zero-order valence-electron chi connectivity index (χ0n) is 12.8. The van der Waals surface area contributed by atoms with E-state index >= 15 is 0 Å². The number of nitrogens with zero attached hydrogens (tertiary/aromatic N) is 2. The maximum absolute atomic E-state index is 5.76. The van der Waals surface area contributed by atoms with Gasteiger partial charge in [-0.1, -0.05) is 30.3 Å². The normalized spacial score (nSPS) is 18.2. The van der Waals surface area contributed by atoms with Crippen LogP contribution in [0.2, 0.25) is 0 Å². The first-order valence-corrected chi connectivity index (χ1v) is 7.94. The van der Waals surface area contributed by atoms with Crippen molar-refractivity contribution in [3.63, 3.8) is 0 Å². The first kappa shape index (κ1) is 14.2. The van der Waals surface area contributed by atoms with Crippen LogP contribution >= 0.6 is 0 Å². The summed E-state index contributed by atoms with van der Waals surface area (Å²) in [5.74, 6) is 1.82. The van der Waals surface area contributed by atoms with E-state index in [1.807, 2.05) is 30.3 Å². The van der Waals surface area contributed by atoms with Gasteiger partial charge in [0.1, 0.15) is 11.9 Å². The van der Waals surface area contributed by atoms with Crippen molar-refractivity contribution in [2.24, 2.45) is 0 Å². The lowest BCUT2D eigenvalue weighted by Crippen LogP contribution is -2.11. The SMILES string of the molecule is c1ccc2cc(OCc3nnc([C@@H]4CCCCO4)o3)ccc2c1. The minimum Gasteiger partial charge on any atom is -0.484 e. The highest BCUT2D eigenvalue weighted by molar-refractivity contribution is 5.83. The molecule has 5 heteroatoms. The fraction of sp³-hybridized carbons (Fsp3) is 0.333. The van der Waals surface area contributed by atoms with E-state index in [0.29, 0.717) is 11.8 Å². The van der Waals surface area contributed by atoms with Crippen molar-refractivity contribution in [2.75, 3.05) is 6.61 Å². The Balaban J connectivity index is 1.42. The molecule has 0 amide bonds. The molecule has 3 aromatic rings. The van der Waals surface area contributed by atoms with E-state index in [4.69, 9.17) is 13.9 Å². The van der Waals surface area contributed by atoms with E-state index in [9.17, 15) is 0 Å². The molecule has 23 heavy (non-hydrogen) atoms. The summed E-state index contributed by atoms with van der Waals surface area (Å²) in [6, 6.07) is 14.2. The van der Waals surface area contributed by atoms with Gasteiger partial charge in [0.05, 0.1) is 0 Å². The Hall–Kier alpha value is -2.40. The fourth-order valence-corrected chi connectivity index (χ4v) is 2.79. The molecule has 2 aromatic carbocycles. The highest BCUT2D eigenvalue weighted by Crippen LogP contribution is 2.27. The molecule has 0 unspecified atom stereocenters. The number of hydrogen-bond donors (Lipinski definition) is 0. The number of rotatable bonds is 4. The molecular formula is C18H18N2O3. The lowest BCUT2D eigenvalue weighted by Gasteiger charge is -2.18. The van der Waals surface area contributed by atoms with Gasteiger partial charge in [-0.15, -0.1) is 10.2 Å². The molecule has 1 atom stereocenters. The quantitative estimate of drug-likeness (QED) is 0.728. The second-order valence-electron chi connectivity index (χ2n) is 5.69. The molecule has 0 spiro atoms. The summed E-state index contributed by atoms with van der Waals surface area (Å²) in [7, 11) is 0. The van der Waals surface area contributed by atoms with Crippen LogP contribution in [0.5, 0.6) is 5.75 Å². The molecule has 1 aliphatic heterocycles. The number of fused-ring (bicyclic) bond motifs is 1. The zero-order chi connectivity index (χ0) is 15.5. The van der Waals surface area contributed by atoms with Crippen LogP contribution in [0.3, 0.4) is 0 Å². The number of aromatic nitrogens is 2. The number of hydrogen-bond acceptors (Lipinski definition) is 5. The van der Waals surface area contributed by atoms with Crippen molar-refractivity contribution in [2.45, 2.75) is 32.0 Å². The topological polar surface area (TPSA) is 57.4 Å². The van der Waals surface area contributed by atoms with Crippen LogP contribution in [-0.4, -0.2) is 16.8 Å². The van der Waals surface area contributed by atoms with Gasteiger partial charge in [0.25, 0.3) is 5.89 Å². The highest BCUT2D eigenvalue weighted by Gasteiger charge is 2.22. The molecule has 0 N–H and O–H groups in total. The van der Waals surface area contributed by atoms with Crippen molar-refractivity contribution in [1.82, 2.24) is 10.2 Å². The molecule has 118 valence electrons. The Morgan fingerprint density at radius 3 is 2.83 bits per heavy atom. The molecule has 5 nitrogen and oxygen atoms in total. The molecule has 1 aliphatic rings. The summed E-state index contributed by atoms with van der Waals surface area (Å²) in [5, 5.41) is 10.5. The van der Waals surface area contributed by atoms with E-state index in [0.717, 1.165) is 37.0 Å². The Morgan fingerprint density at radius 1 is 1.04 bits per heavy atom. The predicted octanol–water partition coefficient (Wildman–Crippen LogP) is 4.04. The number of ether oxygens (including phenoxy) is 2. The van der Waals surface area contributed by atoms with E-state index in [1.54, 1.807) is 0 Å². The van der Waals surface area contributed by atoms with Crippen LogP contribution in [0.1, 0.15) is 37.1 Å². The molecule has 0 radical (unpaired) electrons. The van der Waals surface area contributed by atoms with Crippen LogP contribution < -0.4 is 4.74 Å². The van der Waals surface area contributed by atoms with Crippen molar-refractivity contribution in [3.8, 4) is 5.75 Å². The fourth-order valence-electron chi connectivity index (χ4n) is 2.79. The summed E-state index contributed by atoms with van der Waals surface area (Å²) < 4.78 is 17.1. The van der Waals surface area contributed by atoms with Crippen molar-refractivity contribution >= 4 is 10.8 Å². The predicted molar refractivity (Wildman–Crippen MR) is 85.1 cm³/mol. The Morgan fingerprint density at radius 2 is 1.96 bits per heavy atom. The molecule has 0 saturated carbocycles. The van der Waals surface area contributed by atoms with Crippen LogP contribution in [0, 0.1) is 0 Å². The largest absolute Gasteiger partial charge is 0.484 e. The molecule has 1 aromatic heterocycles. The third-order valence-corrected chi connectivity index (χ3v) is 4.02. The third kappa shape index (κ3) is 3.19. The minimum atomic E-state index is -0.0642. The maximum atomic E-state index is 5.76. The van der Waals surface area contributed by atoms with E-state index in [1.165, 1.54) is 5.39 Å². The average Bonchev–Trinajstić information content (AvgIpc) is 3.10. The first-order chi connectivity index (χ1) is 11.4. The molecule has 1 fully saturated rings. The summed E-state index contributed by atoms with van der Waals surface area (Å²) in [4.78, 5) is 0. The van der Waals surface area contributed by atoms with Crippen molar-refractivity contribution in [3.05, 3.63) is 54.2 Å². The summed E-state index contributed by atoms with van der Waals surface area (Å²) >= 11 is 0. The van der Waals surface area contributed by atoms with E-state index in [2.05, 4.69) is 22.3 Å². The lowest BCUT2D eigenvalue weighted by molar-refractivity contribution is -0.00258. The molecule has 1 saturated heterocycles. The van der Waals surface area contributed by atoms with Crippen LogP contribution in [0.4, 0.5) is 0 Å². The Bertz CT molecular complexity index is 794. The smallest absolute Gasteiger partial charge is 0.254 e. The lowest BCUT2D eigenvalue weighted by atomic mass is 10.1. The van der Waals surface area contributed by atoms with Crippen LogP contribution in [0.25, 0.3) is 10.8 Å². The number of benzene rings is 2. The van der Waals surface area contributed by atoms with Crippen LogP contribution in [-0.2, 0) is 11.3 Å². The Kier molecular flexibility index (Phi) is 3.94. The van der Waals surface area contributed by atoms with Gasteiger partial charge < -0.3 is 13.9 Å². The van der Waals surface area contributed by atoms with Gasteiger partial charge in [0.2, 0.25) is 5.89 Å². The van der Waals surface area contributed by atoms with Crippen molar-refractivity contribution < 1.29 is 13.9 Å². The molecular weight excluding hydrogens is 292 g/mol. The molecule has 0 aliphatic carbocycles.